The molecule has 14 heavy (non-hydrogen) atoms. The van der Waals surface area contributed by atoms with Gasteiger partial charge in [0.15, 0.2) is 5.96 Å². The number of nitrogens with one attached hydrogen (secondary N) is 1. The van der Waals surface area contributed by atoms with E-state index in [1.54, 1.807) is 0 Å². The number of guanidine groups is 1. The molecule has 3 N–H and O–H groups in total. The first kappa shape index (κ1) is 8.57. The van der Waals surface area contributed by atoms with Gasteiger partial charge < -0.3 is 10.6 Å². The van der Waals surface area contributed by atoms with Crippen molar-refractivity contribution in [3.63, 3.8) is 0 Å². The smallest absolute Gasteiger partial charge is 0.188 e. The van der Waals surface area contributed by atoms with E-state index >= 15 is 0 Å². The van der Waals surface area contributed by atoms with Crippen molar-refractivity contribution >= 4 is 5.96 Å². The Morgan fingerprint density at radius 2 is 1.43 bits per heavy atom. The lowest BCUT2D eigenvalue weighted by atomic mass is 9.60. The maximum absolute atomic E-state index is 7.50. The fourth-order valence-corrected chi connectivity index (χ4v) is 4.05. The molecule has 3 saturated carbocycles. The van der Waals surface area contributed by atoms with E-state index in [1.165, 1.54) is 25.7 Å². The van der Waals surface area contributed by atoms with Gasteiger partial charge >= 0.3 is 0 Å². The molecule has 3 aliphatic carbocycles. The summed E-state index contributed by atoms with van der Waals surface area (Å²) in [5.74, 6) is 3.93. The molecule has 2 bridgehead atoms. The highest BCUT2D eigenvalue weighted by atomic mass is 15.3. The molecule has 4 aliphatic rings. The third kappa shape index (κ3) is 1.07. The molecular formula is C11H19N3. The molecule has 0 amide bonds. The van der Waals surface area contributed by atoms with Gasteiger partial charge in [0.05, 0.1) is 0 Å². The van der Waals surface area contributed by atoms with Crippen LogP contribution < -0.4 is 5.73 Å². The van der Waals surface area contributed by atoms with Crippen molar-refractivity contribution in [3.8, 4) is 0 Å². The van der Waals surface area contributed by atoms with Crippen LogP contribution in [0.1, 0.15) is 25.7 Å². The lowest BCUT2D eigenvalue weighted by Crippen LogP contribution is -2.38. The Labute approximate surface area is 85.2 Å². The van der Waals surface area contributed by atoms with Gasteiger partial charge in [-0.05, 0) is 49.4 Å². The molecule has 0 aromatic heterocycles. The second-order valence-electron chi connectivity index (χ2n) is 5.29. The van der Waals surface area contributed by atoms with Crippen LogP contribution in [0.3, 0.4) is 0 Å². The summed E-state index contributed by atoms with van der Waals surface area (Å²) < 4.78 is 0. The molecule has 2 atom stereocenters. The minimum absolute atomic E-state index is 0.291. The molecular weight excluding hydrogens is 174 g/mol. The molecule has 0 radical (unpaired) electrons. The summed E-state index contributed by atoms with van der Waals surface area (Å²) in [6.45, 7) is 2.14. The fourth-order valence-electron chi connectivity index (χ4n) is 4.05. The van der Waals surface area contributed by atoms with Crippen molar-refractivity contribution in [1.82, 2.24) is 4.90 Å². The maximum atomic E-state index is 7.50. The molecule has 3 heteroatoms. The van der Waals surface area contributed by atoms with Gasteiger partial charge in [0, 0.05) is 13.1 Å². The fraction of sp³-hybridized carbons (Fsp3) is 0.909. The number of nitrogens with two attached hydrogens (primary N) is 1. The van der Waals surface area contributed by atoms with Crippen molar-refractivity contribution < 1.29 is 0 Å². The van der Waals surface area contributed by atoms with Gasteiger partial charge in [-0.2, -0.15) is 0 Å². The van der Waals surface area contributed by atoms with E-state index < -0.39 is 0 Å². The predicted molar refractivity (Wildman–Crippen MR) is 55.9 cm³/mol. The predicted octanol–water partition coefficient (Wildman–Crippen LogP) is 1.25. The van der Waals surface area contributed by atoms with E-state index in [-0.39, 0.29) is 0 Å². The molecule has 78 valence electrons. The highest BCUT2D eigenvalue weighted by Gasteiger charge is 2.48. The summed E-state index contributed by atoms with van der Waals surface area (Å²) in [6, 6.07) is 0. The quantitative estimate of drug-likeness (QED) is 0.449. The van der Waals surface area contributed by atoms with Crippen molar-refractivity contribution in [2.75, 3.05) is 13.1 Å². The van der Waals surface area contributed by atoms with Crippen molar-refractivity contribution in [3.05, 3.63) is 0 Å². The Morgan fingerprint density at radius 1 is 1.00 bits per heavy atom. The van der Waals surface area contributed by atoms with E-state index in [0.717, 1.165) is 36.8 Å². The lowest BCUT2D eigenvalue weighted by Gasteiger charge is -2.44. The summed E-state index contributed by atoms with van der Waals surface area (Å²) in [5, 5.41) is 7.50. The molecule has 3 nitrogen and oxygen atoms in total. The summed E-state index contributed by atoms with van der Waals surface area (Å²) in [6.07, 6.45) is 5.77. The van der Waals surface area contributed by atoms with E-state index in [0.29, 0.717) is 5.96 Å². The minimum Gasteiger partial charge on any atom is -0.370 e. The van der Waals surface area contributed by atoms with Gasteiger partial charge in [0.2, 0.25) is 0 Å². The number of rotatable bonds is 0. The van der Waals surface area contributed by atoms with Crippen LogP contribution in [0.4, 0.5) is 0 Å². The van der Waals surface area contributed by atoms with Gasteiger partial charge in [-0.3, -0.25) is 5.41 Å². The summed E-state index contributed by atoms with van der Waals surface area (Å²) in [7, 11) is 0. The Balaban J connectivity index is 1.81. The Kier molecular flexibility index (Phi) is 1.76. The second kappa shape index (κ2) is 2.88. The summed E-state index contributed by atoms with van der Waals surface area (Å²) in [4.78, 5) is 2.09. The molecule has 4 rings (SSSR count). The average Bonchev–Trinajstić information content (AvgIpc) is 2.65. The number of likely N-dealkylation sites (tertiary alicyclic amines) is 1. The van der Waals surface area contributed by atoms with Crippen molar-refractivity contribution in [2.45, 2.75) is 25.7 Å². The van der Waals surface area contributed by atoms with E-state index in [2.05, 4.69) is 4.90 Å². The third-order valence-electron chi connectivity index (χ3n) is 4.78. The minimum atomic E-state index is 0.291. The first-order valence-electron chi connectivity index (χ1n) is 5.84. The first-order chi connectivity index (χ1) is 6.75. The lowest BCUT2D eigenvalue weighted by molar-refractivity contribution is 0.0577. The van der Waals surface area contributed by atoms with Gasteiger partial charge in [-0.1, -0.05) is 0 Å². The zero-order valence-corrected chi connectivity index (χ0v) is 8.58. The van der Waals surface area contributed by atoms with Crippen LogP contribution >= 0.6 is 0 Å². The third-order valence-corrected chi connectivity index (χ3v) is 4.78. The van der Waals surface area contributed by atoms with Gasteiger partial charge in [-0.25, -0.2) is 0 Å². The highest BCUT2D eigenvalue weighted by Crippen LogP contribution is 2.51. The summed E-state index contributed by atoms with van der Waals surface area (Å²) in [5.41, 5.74) is 5.57. The molecule has 0 aromatic carbocycles. The Bertz CT molecular complexity index is 235. The first-order valence-corrected chi connectivity index (χ1v) is 5.84. The zero-order valence-electron chi connectivity index (χ0n) is 8.58. The number of nitrogens with zero attached hydrogens (tertiary/aromatic N) is 1. The van der Waals surface area contributed by atoms with Crippen molar-refractivity contribution in [2.24, 2.45) is 29.4 Å². The number of hydrogen-bond acceptors (Lipinski definition) is 1. The van der Waals surface area contributed by atoms with Crippen LogP contribution in [0, 0.1) is 29.1 Å². The van der Waals surface area contributed by atoms with E-state index in [9.17, 15) is 0 Å². The normalized spacial score (nSPS) is 45.3. The number of hydrogen-bond donors (Lipinski definition) is 2. The van der Waals surface area contributed by atoms with Crippen molar-refractivity contribution in [1.29, 1.82) is 5.41 Å². The van der Waals surface area contributed by atoms with Gasteiger partial charge in [-0.15, -0.1) is 0 Å². The molecule has 0 unspecified atom stereocenters. The SMILES string of the molecule is N=C(N)N1C[C@@H]2C3CCC(CC3)[C@@H]2C1. The second-order valence-corrected chi connectivity index (χ2v) is 5.29. The molecule has 1 saturated heterocycles. The summed E-state index contributed by atoms with van der Waals surface area (Å²) >= 11 is 0. The largest absolute Gasteiger partial charge is 0.370 e. The van der Waals surface area contributed by atoms with Crippen LogP contribution in [0.25, 0.3) is 0 Å². The van der Waals surface area contributed by atoms with Gasteiger partial charge in [0.1, 0.15) is 0 Å². The monoisotopic (exact) mass is 193 g/mol. The molecule has 0 aromatic rings. The van der Waals surface area contributed by atoms with Crippen LogP contribution in [0.15, 0.2) is 0 Å². The standard InChI is InChI=1S/C11H19N3/c12-11(13)14-5-9-7-1-2-8(4-3-7)10(9)6-14/h7-10H,1-6H2,(H3,12,13)/t7?,8?,9-,10+. The molecule has 0 spiro atoms. The highest BCUT2D eigenvalue weighted by molar-refractivity contribution is 5.74. The van der Waals surface area contributed by atoms with E-state index in [4.69, 9.17) is 11.1 Å². The zero-order chi connectivity index (χ0) is 9.71. The maximum Gasteiger partial charge on any atom is 0.188 e. The average molecular weight is 193 g/mol. The molecule has 1 aliphatic heterocycles. The Hall–Kier alpha value is -0.730. The number of fused-ring (bicyclic) bond motifs is 2. The Morgan fingerprint density at radius 3 is 1.79 bits per heavy atom. The molecule has 1 heterocycles. The van der Waals surface area contributed by atoms with Crippen LogP contribution in [0.5, 0.6) is 0 Å². The van der Waals surface area contributed by atoms with Gasteiger partial charge in [0.25, 0.3) is 0 Å². The van der Waals surface area contributed by atoms with Crippen LogP contribution in [-0.2, 0) is 0 Å². The van der Waals surface area contributed by atoms with Crippen LogP contribution in [0.2, 0.25) is 0 Å². The molecule has 4 fully saturated rings. The van der Waals surface area contributed by atoms with Crippen LogP contribution in [-0.4, -0.2) is 23.9 Å². The van der Waals surface area contributed by atoms with E-state index in [1.807, 2.05) is 0 Å². The topological polar surface area (TPSA) is 53.1 Å².